The standard InChI is InChI=1S/C20H19NO3/c1-3-14-4-6-15(7-5-14)12-18-20(22)24-19(21-18)13-16-8-10-17(23-2)11-9-16/h4-12H,3,13H2,1-2H3/b18-12+. The second kappa shape index (κ2) is 7.13. The van der Waals surface area contributed by atoms with Crippen molar-refractivity contribution >= 4 is 17.9 Å². The van der Waals surface area contributed by atoms with Gasteiger partial charge < -0.3 is 9.47 Å². The van der Waals surface area contributed by atoms with Crippen molar-refractivity contribution in [2.24, 2.45) is 4.99 Å². The molecule has 0 N–H and O–H groups in total. The molecule has 0 unspecified atom stereocenters. The Labute approximate surface area is 141 Å². The van der Waals surface area contributed by atoms with Crippen molar-refractivity contribution in [1.29, 1.82) is 0 Å². The van der Waals surface area contributed by atoms with Gasteiger partial charge in [0.25, 0.3) is 0 Å². The van der Waals surface area contributed by atoms with Crippen LogP contribution in [0.1, 0.15) is 23.6 Å². The van der Waals surface area contributed by atoms with Crippen LogP contribution in [0.15, 0.2) is 59.2 Å². The molecule has 1 heterocycles. The van der Waals surface area contributed by atoms with Gasteiger partial charge in [0.05, 0.1) is 7.11 Å². The first-order valence-electron chi connectivity index (χ1n) is 7.91. The molecule has 0 spiro atoms. The zero-order chi connectivity index (χ0) is 16.9. The van der Waals surface area contributed by atoms with Crippen molar-refractivity contribution < 1.29 is 14.3 Å². The van der Waals surface area contributed by atoms with E-state index < -0.39 is 5.97 Å². The van der Waals surface area contributed by atoms with E-state index in [-0.39, 0.29) is 0 Å². The highest BCUT2D eigenvalue weighted by Crippen LogP contribution is 2.19. The van der Waals surface area contributed by atoms with Crippen LogP contribution in [0, 0.1) is 0 Å². The normalized spacial score (nSPS) is 15.3. The third-order valence-corrected chi connectivity index (χ3v) is 3.87. The summed E-state index contributed by atoms with van der Waals surface area (Å²) in [6, 6.07) is 15.7. The second-order valence-electron chi connectivity index (χ2n) is 5.54. The number of esters is 1. The maximum atomic E-state index is 12.0. The van der Waals surface area contributed by atoms with Gasteiger partial charge in [-0.05, 0) is 41.3 Å². The first kappa shape index (κ1) is 16.0. The summed E-state index contributed by atoms with van der Waals surface area (Å²) in [6.45, 7) is 2.11. The summed E-state index contributed by atoms with van der Waals surface area (Å²) in [5.41, 5.74) is 3.54. The zero-order valence-corrected chi connectivity index (χ0v) is 13.8. The molecular weight excluding hydrogens is 302 g/mol. The second-order valence-corrected chi connectivity index (χ2v) is 5.54. The fraction of sp³-hybridized carbons (Fsp3) is 0.200. The van der Waals surface area contributed by atoms with Crippen molar-refractivity contribution in [3.63, 3.8) is 0 Å². The molecule has 0 bridgehead atoms. The molecular formula is C20H19NO3. The number of carbonyl (C=O) groups excluding carboxylic acids is 1. The van der Waals surface area contributed by atoms with Crippen molar-refractivity contribution in [1.82, 2.24) is 0 Å². The van der Waals surface area contributed by atoms with Crippen LogP contribution in [0.4, 0.5) is 0 Å². The fourth-order valence-corrected chi connectivity index (χ4v) is 2.45. The molecule has 4 heteroatoms. The Hall–Kier alpha value is -2.88. The third-order valence-electron chi connectivity index (χ3n) is 3.87. The van der Waals surface area contributed by atoms with Crippen LogP contribution in [0.5, 0.6) is 5.75 Å². The highest BCUT2D eigenvalue weighted by molar-refractivity contribution is 6.07. The van der Waals surface area contributed by atoms with Gasteiger partial charge >= 0.3 is 5.97 Å². The summed E-state index contributed by atoms with van der Waals surface area (Å²) >= 11 is 0. The Kier molecular flexibility index (Phi) is 4.75. The number of rotatable bonds is 5. The molecule has 3 rings (SSSR count). The molecule has 122 valence electrons. The van der Waals surface area contributed by atoms with E-state index in [1.807, 2.05) is 36.4 Å². The molecule has 1 aliphatic heterocycles. The highest BCUT2D eigenvalue weighted by atomic mass is 16.6. The van der Waals surface area contributed by atoms with Gasteiger partial charge in [-0.2, -0.15) is 0 Å². The minimum atomic E-state index is -0.405. The Morgan fingerprint density at radius 2 is 1.71 bits per heavy atom. The number of cyclic esters (lactones) is 1. The molecule has 0 aromatic heterocycles. The van der Waals surface area contributed by atoms with Crippen molar-refractivity contribution in [3.05, 3.63) is 70.9 Å². The van der Waals surface area contributed by atoms with Crippen LogP contribution in [-0.2, 0) is 22.4 Å². The largest absolute Gasteiger partial charge is 0.497 e. The van der Waals surface area contributed by atoms with E-state index in [0.29, 0.717) is 18.0 Å². The zero-order valence-electron chi connectivity index (χ0n) is 13.8. The number of nitrogens with zero attached hydrogens (tertiary/aromatic N) is 1. The number of methoxy groups -OCH3 is 1. The summed E-state index contributed by atoms with van der Waals surface area (Å²) < 4.78 is 10.4. The molecule has 0 amide bonds. The smallest absolute Gasteiger partial charge is 0.363 e. The molecule has 2 aromatic rings. The lowest BCUT2D eigenvalue weighted by atomic mass is 10.1. The van der Waals surface area contributed by atoms with E-state index in [9.17, 15) is 4.79 Å². The van der Waals surface area contributed by atoms with Crippen molar-refractivity contribution in [2.45, 2.75) is 19.8 Å². The molecule has 0 saturated carbocycles. The summed E-state index contributed by atoms with van der Waals surface area (Å²) in [6.07, 6.45) is 3.22. The number of carbonyl (C=O) groups is 1. The van der Waals surface area contributed by atoms with E-state index in [0.717, 1.165) is 23.3 Å². The summed E-state index contributed by atoms with van der Waals surface area (Å²) in [5, 5.41) is 0. The van der Waals surface area contributed by atoms with E-state index in [4.69, 9.17) is 9.47 Å². The van der Waals surface area contributed by atoms with Crippen molar-refractivity contribution in [2.75, 3.05) is 7.11 Å². The Morgan fingerprint density at radius 1 is 1.04 bits per heavy atom. The molecule has 1 aliphatic rings. The number of hydrogen-bond acceptors (Lipinski definition) is 4. The van der Waals surface area contributed by atoms with Crippen LogP contribution in [-0.4, -0.2) is 19.0 Å². The molecule has 2 aromatic carbocycles. The number of hydrogen-bond donors (Lipinski definition) is 0. The molecule has 0 fully saturated rings. The van der Waals surface area contributed by atoms with Gasteiger partial charge in [-0.3, -0.25) is 0 Å². The first-order chi connectivity index (χ1) is 11.7. The number of ether oxygens (including phenoxy) is 2. The van der Waals surface area contributed by atoms with E-state index in [2.05, 4.69) is 24.0 Å². The molecule has 0 saturated heterocycles. The Balaban J connectivity index is 1.74. The number of benzene rings is 2. The first-order valence-corrected chi connectivity index (χ1v) is 7.91. The van der Waals surface area contributed by atoms with Crippen LogP contribution in [0.2, 0.25) is 0 Å². The monoisotopic (exact) mass is 321 g/mol. The quantitative estimate of drug-likeness (QED) is 0.622. The van der Waals surface area contributed by atoms with Gasteiger partial charge in [0, 0.05) is 6.42 Å². The molecule has 24 heavy (non-hydrogen) atoms. The van der Waals surface area contributed by atoms with E-state index in [1.54, 1.807) is 13.2 Å². The lowest BCUT2D eigenvalue weighted by Crippen LogP contribution is -2.06. The van der Waals surface area contributed by atoms with E-state index >= 15 is 0 Å². The van der Waals surface area contributed by atoms with Gasteiger partial charge in [-0.1, -0.05) is 43.3 Å². The van der Waals surface area contributed by atoms with E-state index in [1.165, 1.54) is 5.56 Å². The summed E-state index contributed by atoms with van der Waals surface area (Å²) in [7, 11) is 1.63. The Morgan fingerprint density at radius 3 is 2.33 bits per heavy atom. The topological polar surface area (TPSA) is 47.9 Å². The number of aryl methyl sites for hydroxylation is 1. The molecule has 4 nitrogen and oxygen atoms in total. The predicted molar refractivity (Wildman–Crippen MR) is 94.0 cm³/mol. The van der Waals surface area contributed by atoms with Crippen molar-refractivity contribution in [3.8, 4) is 5.75 Å². The maximum Gasteiger partial charge on any atom is 0.363 e. The highest BCUT2D eigenvalue weighted by Gasteiger charge is 2.22. The van der Waals surface area contributed by atoms with Crippen LogP contribution >= 0.6 is 0 Å². The van der Waals surface area contributed by atoms with Crippen LogP contribution in [0.3, 0.4) is 0 Å². The molecule has 0 atom stereocenters. The van der Waals surface area contributed by atoms with Gasteiger partial charge in [-0.15, -0.1) is 0 Å². The predicted octanol–water partition coefficient (Wildman–Crippen LogP) is 3.80. The van der Waals surface area contributed by atoms with Crippen LogP contribution < -0.4 is 4.74 Å². The van der Waals surface area contributed by atoms with Gasteiger partial charge in [0.1, 0.15) is 5.75 Å². The third kappa shape index (κ3) is 3.71. The van der Waals surface area contributed by atoms with Gasteiger partial charge in [-0.25, -0.2) is 9.79 Å². The summed E-state index contributed by atoms with van der Waals surface area (Å²) in [4.78, 5) is 16.3. The maximum absolute atomic E-state index is 12.0. The molecule has 0 radical (unpaired) electrons. The lowest BCUT2D eigenvalue weighted by Gasteiger charge is -2.02. The lowest BCUT2D eigenvalue weighted by molar-refractivity contribution is -0.130. The summed E-state index contributed by atoms with van der Waals surface area (Å²) in [5.74, 6) is 0.805. The number of aliphatic imine (C=N–C) groups is 1. The average Bonchev–Trinajstić information content (AvgIpc) is 2.95. The SMILES string of the molecule is CCc1ccc(/C=C2/N=C(Cc3ccc(OC)cc3)OC2=O)cc1. The minimum absolute atomic E-state index is 0.336. The van der Waals surface area contributed by atoms with Gasteiger partial charge in [0.2, 0.25) is 5.90 Å². The molecule has 0 aliphatic carbocycles. The fourth-order valence-electron chi connectivity index (χ4n) is 2.45. The van der Waals surface area contributed by atoms with Gasteiger partial charge in [0.15, 0.2) is 5.70 Å². The van der Waals surface area contributed by atoms with Crippen LogP contribution in [0.25, 0.3) is 6.08 Å². The minimum Gasteiger partial charge on any atom is -0.497 e. The Bertz CT molecular complexity index is 787. The average molecular weight is 321 g/mol.